The summed E-state index contributed by atoms with van der Waals surface area (Å²) < 4.78 is 5.03. The van der Waals surface area contributed by atoms with E-state index in [1.54, 1.807) is 0 Å². The maximum atomic E-state index is 11.6. The molecule has 110 valence electrons. The Balaban J connectivity index is 1.61. The van der Waals surface area contributed by atoms with Gasteiger partial charge in [0.25, 0.3) is 0 Å². The number of carbonyl (C=O) groups is 1. The Labute approximate surface area is 115 Å². The minimum atomic E-state index is -0.163. The molecule has 1 amide bonds. The molecule has 6 heteroatoms. The lowest BCUT2D eigenvalue weighted by atomic mass is 10.3. The largest absolute Gasteiger partial charge is 0.450 e. The van der Waals surface area contributed by atoms with Crippen LogP contribution in [0.1, 0.15) is 6.92 Å². The highest BCUT2D eigenvalue weighted by Gasteiger charge is 2.22. The first-order valence-corrected chi connectivity index (χ1v) is 7.36. The first kappa shape index (κ1) is 14.6. The van der Waals surface area contributed by atoms with Crippen molar-refractivity contribution in [3.8, 4) is 0 Å². The topological polar surface area (TPSA) is 48.1 Å². The van der Waals surface area contributed by atoms with Gasteiger partial charge < -0.3 is 15.0 Å². The highest BCUT2D eigenvalue weighted by molar-refractivity contribution is 5.67. The van der Waals surface area contributed by atoms with Crippen molar-refractivity contribution in [3.63, 3.8) is 0 Å². The van der Waals surface area contributed by atoms with Crippen molar-refractivity contribution < 1.29 is 9.53 Å². The Morgan fingerprint density at radius 2 is 1.58 bits per heavy atom. The van der Waals surface area contributed by atoms with Crippen LogP contribution < -0.4 is 5.32 Å². The van der Waals surface area contributed by atoms with Crippen LogP contribution in [0.4, 0.5) is 4.79 Å². The maximum absolute atomic E-state index is 11.6. The standard InChI is InChI=1S/C13H26N4O2/c1-2-19-13(18)17-11-9-16(10-12-17)8-7-15-5-3-14-4-6-15/h14H,2-12H2,1H3. The predicted octanol–water partition coefficient (Wildman–Crippen LogP) is -0.334. The van der Waals surface area contributed by atoms with Crippen LogP contribution in [0.5, 0.6) is 0 Å². The summed E-state index contributed by atoms with van der Waals surface area (Å²) in [4.78, 5) is 18.3. The molecule has 0 aromatic rings. The van der Waals surface area contributed by atoms with Gasteiger partial charge >= 0.3 is 6.09 Å². The molecule has 6 nitrogen and oxygen atoms in total. The fraction of sp³-hybridized carbons (Fsp3) is 0.923. The summed E-state index contributed by atoms with van der Waals surface area (Å²) >= 11 is 0. The van der Waals surface area contributed by atoms with Gasteiger partial charge in [-0.05, 0) is 6.92 Å². The third-order valence-electron chi connectivity index (χ3n) is 3.84. The number of rotatable bonds is 4. The molecule has 0 aromatic carbocycles. The molecule has 2 fully saturated rings. The fourth-order valence-corrected chi connectivity index (χ4v) is 2.59. The third-order valence-corrected chi connectivity index (χ3v) is 3.84. The van der Waals surface area contributed by atoms with E-state index in [4.69, 9.17) is 4.74 Å². The average molecular weight is 270 g/mol. The van der Waals surface area contributed by atoms with Crippen molar-refractivity contribution in [2.45, 2.75) is 6.92 Å². The molecule has 1 N–H and O–H groups in total. The van der Waals surface area contributed by atoms with Crippen molar-refractivity contribution in [2.24, 2.45) is 0 Å². The summed E-state index contributed by atoms with van der Waals surface area (Å²) in [5.74, 6) is 0. The second-order valence-electron chi connectivity index (χ2n) is 5.12. The van der Waals surface area contributed by atoms with Crippen LogP contribution in [0.15, 0.2) is 0 Å². The van der Waals surface area contributed by atoms with Gasteiger partial charge in [-0.3, -0.25) is 9.80 Å². The van der Waals surface area contributed by atoms with Crippen LogP contribution in [0, 0.1) is 0 Å². The molecule has 2 aliphatic heterocycles. The molecule has 2 saturated heterocycles. The number of carbonyl (C=O) groups excluding carboxylic acids is 1. The zero-order valence-corrected chi connectivity index (χ0v) is 11.9. The van der Waals surface area contributed by atoms with Crippen molar-refractivity contribution in [2.75, 3.05) is 72.1 Å². The predicted molar refractivity (Wildman–Crippen MR) is 74.3 cm³/mol. The van der Waals surface area contributed by atoms with E-state index in [1.165, 1.54) is 0 Å². The molecular formula is C13H26N4O2. The van der Waals surface area contributed by atoms with E-state index in [0.717, 1.165) is 65.4 Å². The quantitative estimate of drug-likeness (QED) is 0.758. The van der Waals surface area contributed by atoms with Gasteiger partial charge in [0.2, 0.25) is 0 Å². The van der Waals surface area contributed by atoms with Crippen molar-refractivity contribution >= 4 is 6.09 Å². The van der Waals surface area contributed by atoms with Gasteiger partial charge in [-0.2, -0.15) is 0 Å². The molecule has 0 aliphatic carbocycles. The molecule has 0 saturated carbocycles. The van der Waals surface area contributed by atoms with E-state index in [2.05, 4.69) is 15.1 Å². The number of hydrogen-bond acceptors (Lipinski definition) is 5. The van der Waals surface area contributed by atoms with Gasteiger partial charge in [0.1, 0.15) is 0 Å². The first-order valence-electron chi connectivity index (χ1n) is 7.36. The number of hydrogen-bond donors (Lipinski definition) is 1. The summed E-state index contributed by atoms with van der Waals surface area (Å²) in [5.41, 5.74) is 0. The Morgan fingerprint density at radius 1 is 1.00 bits per heavy atom. The molecule has 2 heterocycles. The van der Waals surface area contributed by atoms with E-state index in [9.17, 15) is 4.79 Å². The van der Waals surface area contributed by atoms with Gasteiger partial charge in [-0.15, -0.1) is 0 Å². The van der Waals surface area contributed by atoms with E-state index < -0.39 is 0 Å². The van der Waals surface area contributed by atoms with E-state index in [1.807, 2.05) is 11.8 Å². The normalized spacial score (nSPS) is 22.5. The molecule has 0 atom stereocenters. The van der Waals surface area contributed by atoms with Gasteiger partial charge in [-0.1, -0.05) is 0 Å². The lowest BCUT2D eigenvalue weighted by Gasteiger charge is -2.35. The van der Waals surface area contributed by atoms with Crippen LogP contribution in [0.2, 0.25) is 0 Å². The first-order chi connectivity index (χ1) is 9.29. The van der Waals surface area contributed by atoms with E-state index in [-0.39, 0.29) is 6.09 Å². The minimum Gasteiger partial charge on any atom is -0.450 e. The van der Waals surface area contributed by atoms with Crippen LogP contribution in [0.3, 0.4) is 0 Å². The molecule has 0 unspecified atom stereocenters. The summed E-state index contributed by atoms with van der Waals surface area (Å²) in [6, 6.07) is 0. The molecule has 0 spiro atoms. The average Bonchev–Trinajstić information content (AvgIpc) is 2.47. The van der Waals surface area contributed by atoms with Crippen molar-refractivity contribution in [3.05, 3.63) is 0 Å². The Hall–Kier alpha value is -0.850. The number of amides is 1. The second-order valence-corrected chi connectivity index (χ2v) is 5.12. The lowest BCUT2D eigenvalue weighted by Crippen LogP contribution is -2.51. The van der Waals surface area contributed by atoms with Gasteiger partial charge in [0.05, 0.1) is 6.61 Å². The molecule has 0 bridgehead atoms. The molecule has 2 aliphatic rings. The van der Waals surface area contributed by atoms with Gasteiger partial charge in [-0.25, -0.2) is 4.79 Å². The number of ether oxygens (including phenoxy) is 1. The minimum absolute atomic E-state index is 0.163. The number of nitrogens with zero attached hydrogens (tertiary/aromatic N) is 3. The zero-order valence-electron chi connectivity index (χ0n) is 11.9. The highest BCUT2D eigenvalue weighted by Crippen LogP contribution is 2.04. The highest BCUT2D eigenvalue weighted by atomic mass is 16.6. The number of nitrogens with one attached hydrogen (secondary N) is 1. The van der Waals surface area contributed by atoms with E-state index >= 15 is 0 Å². The SMILES string of the molecule is CCOC(=O)N1CCN(CCN2CCNCC2)CC1. The smallest absolute Gasteiger partial charge is 0.409 e. The second kappa shape index (κ2) is 7.67. The summed E-state index contributed by atoms with van der Waals surface area (Å²) in [6.45, 7) is 12.6. The monoisotopic (exact) mass is 270 g/mol. The number of piperazine rings is 2. The van der Waals surface area contributed by atoms with Gasteiger partial charge in [0, 0.05) is 65.4 Å². The van der Waals surface area contributed by atoms with Crippen LogP contribution in [-0.2, 0) is 4.74 Å². The molecule has 0 radical (unpaired) electrons. The Morgan fingerprint density at radius 3 is 2.16 bits per heavy atom. The van der Waals surface area contributed by atoms with Crippen LogP contribution in [0.25, 0.3) is 0 Å². The fourth-order valence-electron chi connectivity index (χ4n) is 2.59. The Kier molecular flexibility index (Phi) is 5.88. The lowest BCUT2D eigenvalue weighted by molar-refractivity contribution is 0.0757. The van der Waals surface area contributed by atoms with Crippen LogP contribution in [-0.4, -0.2) is 92.8 Å². The summed E-state index contributed by atoms with van der Waals surface area (Å²) in [5, 5.41) is 3.37. The summed E-state index contributed by atoms with van der Waals surface area (Å²) in [6.07, 6.45) is -0.163. The maximum Gasteiger partial charge on any atom is 0.409 e. The van der Waals surface area contributed by atoms with Gasteiger partial charge in [0.15, 0.2) is 0 Å². The molecular weight excluding hydrogens is 244 g/mol. The van der Waals surface area contributed by atoms with E-state index in [0.29, 0.717) is 6.61 Å². The van der Waals surface area contributed by atoms with Crippen molar-refractivity contribution in [1.82, 2.24) is 20.0 Å². The molecule has 19 heavy (non-hydrogen) atoms. The van der Waals surface area contributed by atoms with Crippen LogP contribution >= 0.6 is 0 Å². The Bertz CT molecular complexity index is 274. The zero-order chi connectivity index (χ0) is 13.5. The van der Waals surface area contributed by atoms with Crippen molar-refractivity contribution in [1.29, 1.82) is 0 Å². The molecule has 0 aromatic heterocycles. The molecule has 2 rings (SSSR count). The summed E-state index contributed by atoms with van der Waals surface area (Å²) in [7, 11) is 0. The third kappa shape index (κ3) is 4.63.